The summed E-state index contributed by atoms with van der Waals surface area (Å²) in [6.45, 7) is 4.06. The van der Waals surface area contributed by atoms with Gasteiger partial charge in [-0.05, 0) is 37.8 Å². The van der Waals surface area contributed by atoms with Gasteiger partial charge in [-0.1, -0.05) is 18.2 Å². The van der Waals surface area contributed by atoms with Crippen LogP contribution in [0.3, 0.4) is 0 Å². The Hall–Kier alpha value is -1.26. The average molecular weight is 299 g/mol. The van der Waals surface area contributed by atoms with Gasteiger partial charge in [0, 0.05) is 13.1 Å². The summed E-state index contributed by atoms with van der Waals surface area (Å²) in [5, 5.41) is 0. The number of piperidine rings is 1. The highest BCUT2D eigenvalue weighted by molar-refractivity contribution is 5.85. The summed E-state index contributed by atoms with van der Waals surface area (Å²) >= 11 is 0. The number of carbonyl (C=O) groups is 1. The monoisotopic (exact) mass is 298 g/mol. The van der Waals surface area contributed by atoms with Gasteiger partial charge in [0.25, 0.3) is 0 Å². The molecule has 0 saturated carbocycles. The van der Waals surface area contributed by atoms with E-state index in [0.717, 1.165) is 38.3 Å². The predicted molar refractivity (Wildman–Crippen MR) is 82.1 cm³/mol. The number of hydrogen-bond acceptors (Lipinski definition) is 3. The second-order valence-corrected chi connectivity index (χ2v) is 5.18. The number of amides is 1. The Morgan fingerprint density at radius 3 is 2.50 bits per heavy atom. The number of nitrogens with two attached hydrogens (primary N) is 1. The number of likely N-dealkylation sites (tertiary alicyclic amines) is 1. The molecule has 1 fully saturated rings. The van der Waals surface area contributed by atoms with Crippen LogP contribution in [0.15, 0.2) is 30.3 Å². The highest BCUT2D eigenvalue weighted by Crippen LogP contribution is 2.19. The van der Waals surface area contributed by atoms with E-state index in [0.29, 0.717) is 5.92 Å². The van der Waals surface area contributed by atoms with E-state index < -0.39 is 6.04 Å². The molecule has 1 amide bonds. The third-order valence-electron chi connectivity index (χ3n) is 3.54. The highest BCUT2D eigenvalue weighted by Gasteiger charge is 2.24. The van der Waals surface area contributed by atoms with E-state index in [1.807, 2.05) is 35.2 Å². The van der Waals surface area contributed by atoms with Crippen molar-refractivity contribution in [3.63, 3.8) is 0 Å². The van der Waals surface area contributed by atoms with Gasteiger partial charge in [0.2, 0.25) is 5.91 Å². The first kappa shape index (κ1) is 16.8. The predicted octanol–water partition coefficient (Wildman–Crippen LogP) is 2.07. The number of rotatable bonds is 4. The van der Waals surface area contributed by atoms with E-state index in [4.69, 9.17) is 10.5 Å². The summed E-state index contributed by atoms with van der Waals surface area (Å²) in [6, 6.07) is 9.46. The molecule has 0 aliphatic carbocycles. The van der Waals surface area contributed by atoms with Gasteiger partial charge >= 0.3 is 0 Å². The number of halogens is 1. The Morgan fingerprint density at radius 2 is 1.95 bits per heavy atom. The molecule has 2 rings (SSSR count). The molecule has 0 unspecified atom stereocenters. The van der Waals surface area contributed by atoms with Crippen molar-refractivity contribution in [3.8, 4) is 5.75 Å². The lowest BCUT2D eigenvalue weighted by Gasteiger charge is -2.32. The topological polar surface area (TPSA) is 55.6 Å². The van der Waals surface area contributed by atoms with Gasteiger partial charge in [-0.2, -0.15) is 0 Å². The molecular weight excluding hydrogens is 276 g/mol. The minimum absolute atomic E-state index is 0. The second-order valence-electron chi connectivity index (χ2n) is 5.18. The van der Waals surface area contributed by atoms with Crippen LogP contribution in [0.5, 0.6) is 5.75 Å². The number of para-hydroxylation sites is 1. The molecular formula is C15H23ClN2O2. The Bertz CT molecular complexity index is 404. The van der Waals surface area contributed by atoms with Crippen molar-refractivity contribution in [1.82, 2.24) is 4.90 Å². The number of carbonyl (C=O) groups excluding carboxylic acids is 1. The molecule has 2 N–H and O–H groups in total. The summed E-state index contributed by atoms with van der Waals surface area (Å²) in [6.07, 6.45) is 1.98. The fourth-order valence-electron chi connectivity index (χ4n) is 2.34. The van der Waals surface area contributed by atoms with E-state index in [-0.39, 0.29) is 18.3 Å². The van der Waals surface area contributed by atoms with Gasteiger partial charge in [0.05, 0.1) is 12.6 Å². The SMILES string of the molecule is C[C@@H](N)C(=O)N1CCC(COc2ccccc2)CC1.Cl. The normalized spacial score (nSPS) is 17.2. The molecule has 0 aromatic heterocycles. The number of benzene rings is 1. The quantitative estimate of drug-likeness (QED) is 0.926. The first-order chi connectivity index (χ1) is 9.16. The van der Waals surface area contributed by atoms with Crippen molar-refractivity contribution in [2.75, 3.05) is 19.7 Å². The molecule has 1 aromatic rings. The Labute approximate surface area is 126 Å². The zero-order valence-electron chi connectivity index (χ0n) is 11.8. The van der Waals surface area contributed by atoms with Crippen LogP contribution < -0.4 is 10.5 Å². The number of nitrogens with zero attached hydrogens (tertiary/aromatic N) is 1. The third kappa shape index (κ3) is 4.69. The molecule has 0 radical (unpaired) electrons. The van der Waals surface area contributed by atoms with Crippen LogP contribution in [0.4, 0.5) is 0 Å². The highest BCUT2D eigenvalue weighted by atomic mass is 35.5. The van der Waals surface area contributed by atoms with Gasteiger partial charge in [0.15, 0.2) is 0 Å². The fraction of sp³-hybridized carbons (Fsp3) is 0.533. The lowest BCUT2D eigenvalue weighted by Crippen LogP contribution is -2.46. The first-order valence-electron chi connectivity index (χ1n) is 6.89. The van der Waals surface area contributed by atoms with Gasteiger partial charge in [0.1, 0.15) is 5.75 Å². The minimum atomic E-state index is -0.392. The van der Waals surface area contributed by atoms with Crippen LogP contribution in [0.25, 0.3) is 0 Å². The van der Waals surface area contributed by atoms with Crippen LogP contribution >= 0.6 is 12.4 Å². The van der Waals surface area contributed by atoms with E-state index in [1.165, 1.54) is 0 Å². The van der Waals surface area contributed by atoms with Crippen LogP contribution in [-0.4, -0.2) is 36.5 Å². The van der Waals surface area contributed by atoms with Crippen molar-refractivity contribution in [3.05, 3.63) is 30.3 Å². The molecule has 1 aliphatic heterocycles. The smallest absolute Gasteiger partial charge is 0.239 e. The van der Waals surface area contributed by atoms with Gasteiger partial charge < -0.3 is 15.4 Å². The summed E-state index contributed by atoms with van der Waals surface area (Å²) in [7, 11) is 0. The summed E-state index contributed by atoms with van der Waals surface area (Å²) in [5.41, 5.74) is 5.62. The molecule has 0 spiro atoms. The Morgan fingerprint density at radius 1 is 1.35 bits per heavy atom. The maximum absolute atomic E-state index is 11.8. The van der Waals surface area contributed by atoms with Gasteiger partial charge in [-0.25, -0.2) is 0 Å². The minimum Gasteiger partial charge on any atom is -0.493 e. The second kappa shape index (κ2) is 8.12. The molecule has 0 bridgehead atoms. The van der Waals surface area contributed by atoms with Crippen molar-refractivity contribution >= 4 is 18.3 Å². The first-order valence-corrected chi connectivity index (χ1v) is 6.89. The largest absolute Gasteiger partial charge is 0.493 e. The molecule has 1 aromatic carbocycles. The van der Waals surface area contributed by atoms with Gasteiger partial charge in [-0.15, -0.1) is 12.4 Å². The maximum atomic E-state index is 11.8. The summed E-state index contributed by atoms with van der Waals surface area (Å²) in [5.74, 6) is 1.50. The lowest BCUT2D eigenvalue weighted by atomic mass is 9.97. The van der Waals surface area contributed by atoms with E-state index >= 15 is 0 Å². The van der Waals surface area contributed by atoms with E-state index in [2.05, 4.69) is 0 Å². The lowest BCUT2D eigenvalue weighted by molar-refractivity contribution is -0.133. The van der Waals surface area contributed by atoms with Crippen molar-refractivity contribution in [2.24, 2.45) is 11.7 Å². The van der Waals surface area contributed by atoms with Crippen LogP contribution in [0.2, 0.25) is 0 Å². The Balaban J connectivity index is 0.00000200. The van der Waals surface area contributed by atoms with Crippen molar-refractivity contribution in [2.45, 2.75) is 25.8 Å². The average Bonchev–Trinajstić information content (AvgIpc) is 2.46. The van der Waals surface area contributed by atoms with Crippen molar-refractivity contribution < 1.29 is 9.53 Å². The van der Waals surface area contributed by atoms with Crippen LogP contribution in [-0.2, 0) is 4.79 Å². The molecule has 20 heavy (non-hydrogen) atoms. The van der Waals surface area contributed by atoms with Crippen LogP contribution in [0.1, 0.15) is 19.8 Å². The molecule has 1 saturated heterocycles. The number of hydrogen-bond donors (Lipinski definition) is 1. The molecule has 1 heterocycles. The third-order valence-corrected chi connectivity index (χ3v) is 3.54. The summed E-state index contributed by atoms with van der Waals surface area (Å²) in [4.78, 5) is 13.6. The fourth-order valence-corrected chi connectivity index (χ4v) is 2.34. The molecule has 1 atom stereocenters. The zero-order valence-corrected chi connectivity index (χ0v) is 12.6. The van der Waals surface area contributed by atoms with E-state index in [9.17, 15) is 4.79 Å². The molecule has 112 valence electrons. The van der Waals surface area contributed by atoms with Crippen LogP contribution in [0, 0.1) is 5.92 Å². The van der Waals surface area contributed by atoms with Crippen molar-refractivity contribution in [1.29, 1.82) is 0 Å². The summed E-state index contributed by atoms with van der Waals surface area (Å²) < 4.78 is 5.76. The molecule has 4 nitrogen and oxygen atoms in total. The van der Waals surface area contributed by atoms with E-state index in [1.54, 1.807) is 6.92 Å². The Kier molecular flexibility index (Phi) is 6.82. The standard InChI is InChI=1S/C15H22N2O2.ClH/c1-12(16)15(18)17-9-7-13(8-10-17)11-19-14-5-3-2-4-6-14;/h2-6,12-13H,7-11,16H2,1H3;1H/t12-;/m1./s1. The maximum Gasteiger partial charge on any atom is 0.239 e. The molecule has 1 aliphatic rings. The number of ether oxygens (including phenoxy) is 1. The van der Waals surface area contributed by atoms with Gasteiger partial charge in [-0.3, -0.25) is 4.79 Å². The zero-order chi connectivity index (χ0) is 13.7. The molecule has 5 heteroatoms.